The number of carbonyl (C=O) groups excluding carboxylic acids is 2. The molecule has 3 aromatic carbocycles. The molecule has 0 radical (unpaired) electrons. The normalized spacial score (nSPS) is 11.1. The number of amides is 1. The highest BCUT2D eigenvalue weighted by molar-refractivity contribution is 6.10. The van der Waals surface area contributed by atoms with Crippen LogP contribution in [0.5, 0.6) is 0 Å². The van der Waals surface area contributed by atoms with Gasteiger partial charge in [0.1, 0.15) is 0 Å². The number of carbonyl (C=O) groups is 2. The van der Waals surface area contributed by atoms with E-state index in [4.69, 9.17) is 10.5 Å². The Bertz CT molecular complexity index is 1430. The summed E-state index contributed by atoms with van der Waals surface area (Å²) in [4.78, 5) is 26.2. The van der Waals surface area contributed by atoms with E-state index in [1.807, 2.05) is 22.9 Å². The van der Waals surface area contributed by atoms with Crippen LogP contribution >= 0.6 is 0 Å². The maximum absolute atomic E-state index is 11.5. The number of benzene rings is 3. The molecule has 2 N–H and O–H groups in total. The van der Waals surface area contributed by atoms with Gasteiger partial charge in [-0.15, -0.1) is 0 Å². The van der Waals surface area contributed by atoms with E-state index in [0.29, 0.717) is 25.1 Å². The third kappa shape index (κ3) is 3.39. The first kappa shape index (κ1) is 19.6. The molecule has 0 aliphatic carbocycles. The zero-order valence-electron chi connectivity index (χ0n) is 17.1. The van der Waals surface area contributed by atoms with Crippen LogP contribution in [0.1, 0.15) is 15.9 Å². The summed E-state index contributed by atoms with van der Waals surface area (Å²) in [5, 5.41) is 2.20. The van der Waals surface area contributed by atoms with Crippen molar-refractivity contribution in [2.24, 2.45) is 5.73 Å². The summed E-state index contributed by atoms with van der Waals surface area (Å²) in [7, 11) is 0. The number of imidazole rings is 1. The summed E-state index contributed by atoms with van der Waals surface area (Å²) in [6.07, 6.45) is 6.06. The molecule has 7 heteroatoms. The largest absolute Gasteiger partial charge is 0.468 e. The molecule has 0 bridgehead atoms. The molecule has 0 fully saturated rings. The highest BCUT2D eigenvalue weighted by Gasteiger charge is 2.14. The van der Waals surface area contributed by atoms with Gasteiger partial charge in [-0.3, -0.25) is 9.59 Å². The van der Waals surface area contributed by atoms with Crippen molar-refractivity contribution in [2.75, 3.05) is 6.61 Å². The summed E-state index contributed by atoms with van der Waals surface area (Å²) in [6, 6.07) is 19.8. The third-order valence-electron chi connectivity index (χ3n) is 5.60. The molecule has 0 unspecified atom stereocenters. The van der Waals surface area contributed by atoms with E-state index >= 15 is 0 Å². The number of primary amides is 1. The van der Waals surface area contributed by atoms with Crippen LogP contribution in [-0.4, -0.2) is 33.1 Å². The van der Waals surface area contributed by atoms with E-state index in [1.54, 1.807) is 24.7 Å². The van der Waals surface area contributed by atoms with Gasteiger partial charge in [-0.25, -0.2) is 4.98 Å². The van der Waals surface area contributed by atoms with Crippen LogP contribution in [0.3, 0.4) is 0 Å². The lowest BCUT2D eigenvalue weighted by Gasteiger charge is -2.10. The lowest BCUT2D eigenvalue weighted by molar-refractivity contribution is -0.128. The van der Waals surface area contributed by atoms with Crippen molar-refractivity contribution in [2.45, 2.75) is 6.42 Å². The Kier molecular flexibility index (Phi) is 4.91. The average molecular weight is 424 g/mol. The number of rotatable bonds is 7. The van der Waals surface area contributed by atoms with Gasteiger partial charge < -0.3 is 19.6 Å². The molecule has 2 heterocycles. The Labute approximate surface area is 183 Å². The summed E-state index contributed by atoms with van der Waals surface area (Å²) in [5.41, 5.74) is 10.9. The maximum Gasteiger partial charge on any atom is 0.293 e. The second-order valence-corrected chi connectivity index (χ2v) is 7.49. The Morgan fingerprint density at radius 3 is 2.50 bits per heavy atom. The molecular weight excluding hydrogens is 404 g/mol. The number of nitrogens with two attached hydrogens (primary N) is 1. The van der Waals surface area contributed by atoms with Crippen LogP contribution in [0.4, 0.5) is 0 Å². The molecule has 0 atom stereocenters. The van der Waals surface area contributed by atoms with Crippen LogP contribution in [-0.2, 0) is 16.0 Å². The molecule has 5 aromatic rings. The molecule has 2 aromatic heterocycles. The Morgan fingerprint density at radius 1 is 0.969 bits per heavy atom. The number of fused-ring (bicyclic) bond motifs is 3. The van der Waals surface area contributed by atoms with Gasteiger partial charge >= 0.3 is 0 Å². The molecule has 0 saturated heterocycles. The molecule has 32 heavy (non-hydrogen) atoms. The van der Waals surface area contributed by atoms with E-state index in [-0.39, 0.29) is 0 Å². The SMILES string of the molecule is NC(=O)c1ccc(-n2c3ccc(-n4ccnc4)cc3c3ccc(CCOC=O)cc32)cc1. The molecule has 0 aliphatic rings. The highest BCUT2D eigenvalue weighted by atomic mass is 16.5. The first-order valence-electron chi connectivity index (χ1n) is 10.2. The quantitative estimate of drug-likeness (QED) is 0.318. The highest BCUT2D eigenvalue weighted by Crippen LogP contribution is 2.34. The van der Waals surface area contributed by atoms with Crippen molar-refractivity contribution in [3.63, 3.8) is 0 Å². The summed E-state index contributed by atoms with van der Waals surface area (Å²) >= 11 is 0. The molecule has 158 valence electrons. The zero-order chi connectivity index (χ0) is 22.1. The maximum atomic E-state index is 11.5. The van der Waals surface area contributed by atoms with Gasteiger partial charge in [-0.1, -0.05) is 12.1 Å². The summed E-state index contributed by atoms with van der Waals surface area (Å²) < 4.78 is 9.01. The second-order valence-electron chi connectivity index (χ2n) is 7.49. The number of hydrogen-bond acceptors (Lipinski definition) is 4. The van der Waals surface area contributed by atoms with Crippen LogP contribution < -0.4 is 5.73 Å². The predicted molar refractivity (Wildman–Crippen MR) is 122 cm³/mol. The van der Waals surface area contributed by atoms with Crippen molar-refractivity contribution in [3.8, 4) is 11.4 Å². The smallest absolute Gasteiger partial charge is 0.293 e. The Hall–Kier alpha value is -4.39. The van der Waals surface area contributed by atoms with Gasteiger partial charge in [0, 0.05) is 46.5 Å². The van der Waals surface area contributed by atoms with Crippen LogP contribution in [0.25, 0.3) is 33.2 Å². The molecule has 0 saturated carbocycles. The van der Waals surface area contributed by atoms with Gasteiger partial charge in [0.25, 0.3) is 6.47 Å². The lowest BCUT2D eigenvalue weighted by Crippen LogP contribution is -2.10. The van der Waals surface area contributed by atoms with Gasteiger partial charge in [0.2, 0.25) is 5.91 Å². The lowest BCUT2D eigenvalue weighted by atomic mass is 10.1. The number of nitrogens with zero attached hydrogens (tertiary/aromatic N) is 3. The molecule has 1 amide bonds. The summed E-state index contributed by atoms with van der Waals surface area (Å²) in [6.45, 7) is 0.792. The molecular formula is C25H20N4O3. The monoisotopic (exact) mass is 424 g/mol. The molecule has 0 spiro atoms. The van der Waals surface area contributed by atoms with Crippen molar-refractivity contribution in [1.82, 2.24) is 14.1 Å². The number of hydrogen-bond donors (Lipinski definition) is 1. The molecule has 0 aliphatic heterocycles. The minimum absolute atomic E-state index is 0.327. The van der Waals surface area contributed by atoms with E-state index in [1.165, 1.54) is 0 Å². The fraction of sp³-hybridized carbons (Fsp3) is 0.0800. The third-order valence-corrected chi connectivity index (χ3v) is 5.60. The van der Waals surface area contributed by atoms with E-state index in [9.17, 15) is 9.59 Å². The molecule has 5 rings (SSSR count). The second kappa shape index (κ2) is 8.03. The van der Waals surface area contributed by atoms with Gasteiger partial charge in [-0.05, 0) is 54.1 Å². The standard InChI is InChI=1S/C25H20N4O3/c26-25(31)18-2-4-19(5-3-18)29-23-8-6-20(28-11-10-27-15-28)14-22(23)21-7-1-17(13-24(21)29)9-12-32-16-30/h1-8,10-11,13-16H,9,12H2,(H2,26,31). The van der Waals surface area contributed by atoms with Gasteiger partial charge in [-0.2, -0.15) is 0 Å². The minimum atomic E-state index is -0.457. The first-order valence-corrected chi connectivity index (χ1v) is 10.2. The fourth-order valence-electron chi connectivity index (χ4n) is 4.06. The zero-order valence-corrected chi connectivity index (χ0v) is 17.1. The molecule has 7 nitrogen and oxygen atoms in total. The minimum Gasteiger partial charge on any atom is -0.468 e. The average Bonchev–Trinajstić information content (AvgIpc) is 3.45. The van der Waals surface area contributed by atoms with Crippen molar-refractivity contribution in [1.29, 1.82) is 0 Å². The Balaban J connectivity index is 1.72. The van der Waals surface area contributed by atoms with Gasteiger partial charge in [0.05, 0.1) is 24.0 Å². The van der Waals surface area contributed by atoms with Crippen molar-refractivity contribution < 1.29 is 14.3 Å². The van der Waals surface area contributed by atoms with E-state index < -0.39 is 5.91 Å². The topological polar surface area (TPSA) is 92.1 Å². The van der Waals surface area contributed by atoms with Crippen molar-refractivity contribution in [3.05, 3.63) is 90.5 Å². The van der Waals surface area contributed by atoms with Crippen molar-refractivity contribution >= 4 is 34.2 Å². The van der Waals surface area contributed by atoms with Gasteiger partial charge in [0.15, 0.2) is 0 Å². The van der Waals surface area contributed by atoms with E-state index in [2.05, 4.69) is 45.9 Å². The van der Waals surface area contributed by atoms with Crippen LogP contribution in [0.15, 0.2) is 79.4 Å². The van der Waals surface area contributed by atoms with Crippen LogP contribution in [0.2, 0.25) is 0 Å². The first-order chi connectivity index (χ1) is 15.7. The number of aromatic nitrogens is 3. The number of ether oxygens (including phenoxy) is 1. The fourth-order valence-corrected chi connectivity index (χ4v) is 4.06. The Morgan fingerprint density at radius 2 is 1.78 bits per heavy atom. The summed E-state index contributed by atoms with van der Waals surface area (Å²) in [5.74, 6) is -0.457. The van der Waals surface area contributed by atoms with E-state index in [0.717, 1.165) is 38.7 Å². The van der Waals surface area contributed by atoms with Crippen LogP contribution in [0, 0.1) is 0 Å². The predicted octanol–water partition coefficient (Wildman–Crippen LogP) is 3.78.